The molecule has 2 nitrogen and oxygen atoms in total. The van der Waals surface area contributed by atoms with Gasteiger partial charge >= 0.3 is 0 Å². The van der Waals surface area contributed by atoms with E-state index < -0.39 is 0 Å². The van der Waals surface area contributed by atoms with Gasteiger partial charge in [0.25, 0.3) is 0 Å². The van der Waals surface area contributed by atoms with Crippen LogP contribution in [-0.4, -0.2) is 6.61 Å². The Labute approximate surface area is 124 Å². The van der Waals surface area contributed by atoms with Crippen molar-refractivity contribution >= 4 is 17.3 Å². The molecule has 0 saturated heterocycles. The molecule has 2 aromatic rings. The predicted molar refractivity (Wildman–Crippen MR) is 84.3 cm³/mol. The molecular weight excluding hydrogens is 270 g/mol. The van der Waals surface area contributed by atoms with Crippen LogP contribution in [0.1, 0.15) is 11.1 Å². The molecule has 0 aromatic heterocycles. The third-order valence-corrected chi connectivity index (χ3v) is 3.14. The lowest BCUT2D eigenvalue weighted by molar-refractivity contribution is 0.370. The number of hydrogen-bond donors (Lipinski definition) is 1. The minimum absolute atomic E-state index is 0.282. The van der Waals surface area contributed by atoms with Gasteiger partial charge < -0.3 is 10.1 Å². The molecular formula is C17H16ClNO. The van der Waals surface area contributed by atoms with Gasteiger partial charge in [0.2, 0.25) is 0 Å². The monoisotopic (exact) mass is 285 g/mol. The van der Waals surface area contributed by atoms with Crippen LogP contribution >= 0.6 is 11.6 Å². The average molecular weight is 286 g/mol. The van der Waals surface area contributed by atoms with Gasteiger partial charge in [0.05, 0.1) is 0 Å². The molecule has 0 radical (unpaired) electrons. The maximum absolute atomic E-state index is 6.00. The topological polar surface area (TPSA) is 21.3 Å². The third kappa shape index (κ3) is 3.94. The van der Waals surface area contributed by atoms with Crippen molar-refractivity contribution < 1.29 is 4.74 Å². The summed E-state index contributed by atoms with van der Waals surface area (Å²) in [6, 6.07) is 13.7. The first-order chi connectivity index (χ1) is 9.69. The van der Waals surface area contributed by atoms with Crippen LogP contribution < -0.4 is 10.1 Å². The summed E-state index contributed by atoms with van der Waals surface area (Å²) in [6.45, 7) is 3.03. The molecule has 2 rings (SSSR count). The van der Waals surface area contributed by atoms with Crippen LogP contribution in [0.15, 0.2) is 42.5 Å². The van der Waals surface area contributed by atoms with Crippen molar-refractivity contribution in [3.8, 4) is 18.1 Å². The molecule has 0 bridgehead atoms. The molecule has 0 saturated carbocycles. The fraction of sp³-hybridized carbons (Fsp3) is 0.176. The van der Waals surface area contributed by atoms with Gasteiger partial charge in [-0.05, 0) is 42.3 Å². The van der Waals surface area contributed by atoms with Gasteiger partial charge in [-0.25, -0.2) is 0 Å². The highest BCUT2D eigenvalue weighted by Gasteiger charge is 2.01. The van der Waals surface area contributed by atoms with Gasteiger partial charge in [0.1, 0.15) is 12.4 Å². The fourth-order valence-electron chi connectivity index (χ4n) is 1.85. The average Bonchev–Trinajstić information content (AvgIpc) is 2.46. The van der Waals surface area contributed by atoms with Crippen LogP contribution in [0.4, 0.5) is 5.69 Å². The summed E-state index contributed by atoms with van der Waals surface area (Å²) < 4.78 is 5.41. The predicted octanol–water partition coefficient (Wildman–Crippen LogP) is 4.27. The number of benzene rings is 2. The minimum atomic E-state index is 0.282. The summed E-state index contributed by atoms with van der Waals surface area (Å²) >= 11 is 6.00. The Hall–Kier alpha value is -2.11. The van der Waals surface area contributed by atoms with Gasteiger partial charge in [-0.3, -0.25) is 0 Å². The standard InChI is InChI=1S/C17H16ClNO/c1-3-9-20-16-6-4-5-14(10-16)12-19-17-11-15(18)8-7-13(17)2/h1,4-8,10-11,19H,9,12H2,2H3. The van der Waals surface area contributed by atoms with Crippen LogP contribution in [0.25, 0.3) is 0 Å². The molecule has 0 heterocycles. The van der Waals surface area contributed by atoms with Crippen molar-refractivity contribution in [2.75, 3.05) is 11.9 Å². The number of hydrogen-bond acceptors (Lipinski definition) is 2. The third-order valence-electron chi connectivity index (χ3n) is 2.90. The molecule has 0 unspecified atom stereocenters. The number of halogens is 1. The summed E-state index contributed by atoms with van der Waals surface area (Å²) in [7, 11) is 0. The molecule has 0 atom stereocenters. The highest BCUT2D eigenvalue weighted by Crippen LogP contribution is 2.21. The van der Waals surface area contributed by atoms with Crippen molar-refractivity contribution in [3.63, 3.8) is 0 Å². The molecule has 0 aliphatic heterocycles. The molecule has 0 aliphatic carbocycles. The Balaban J connectivity index is 2.03. The number of nitrogens with one attached hydrogen (secondary N) is 1. The summed E-state index contributed by atoms with van der Waals surface area (Å²) in [5.41, 5.74) is 3.32. The van der Waals surface area contributed by atoms with Crippen LogP contribution in [0.5, 0.6) is 5.75 Å². The van der Waals surface area contributed by atoms with E-state index in [9.17, 15) is 0 Å². The molecule has 102 valence electrons. The van der Waals surface area contributed by atoms with Crippen LogP contribution in [0.3, 0.4) is 0 Å². The fourth-order valence-corrected chi connectivity index (χ4v) is 2.02. The first-order valence-corrected chi connectivity index (χ1v) is 6.72. The van der Waals surface area contributed by atoms with Gasteiger partial charge in [-0.2, -0.15) is 0 Å². The zero-order valence-electron chi connectivity index (χ0n) is 11.3. The second-order valence-corrected chi connectivity index (χ2v) is 4.89. The Morgan fingerprint density at radius 1 is 1.25 bits per heavy atom. The number of terminal acetylenes is 1. The van der Waals surface area contributed by atoms with Crippen molar-refractivity contribution in [1.29, 1.82) is 0 Å². The van der Waals surface area contributed by atoms with Crippen molar-refractivity contribution in [2.45, 2.75) is 13.5 Å². The second-order valence-electron chi connectivity index (χ2n) is 4.45. The largest absolute Gasteiger partial charge is 0.481 e. The zero-order valence-corrected chi connectivity index (χ0v) is 12.1. The van der Waals surface area contributed by atoms with E-state index in [2.05, 4.69) is 11.2 Å². The van der Waals surface area contributed by atoms with E-state index in [1.807, 2.05) is 49.4 Å². The Bertz CT molecular complexity index is 631. The van der Waals surface area contributed by atoms with E-state index in [0.717, 1.165) is 27.6 Å². The number of aryl methyl sites for hydroxylation is 1. The molecule has 20 heavy (non-hydrogen) atoms. The lowest BCUT2D eigenvalue weighted by atomic mass is 10.1. The van der Waals surface area contributed by atoms with Gasteiger partial charge in [0, 0.05) is 17.3 Å². The smallest absolute Gasteiger partial charge is 0.148 e. The summed E-state index contributed by atoms with van der Waals surface area (Å²) in [6.07, 6.45) is 5.18. The first-order valence-electron chi connectivity index (χ1n) is 6.34. The van der Waals surface area contributed by atoms with Crippen molar-refractivity contribution in [3.05, 3.63) is 58.6 Å². The second kappa shape index (κ2) is 6.88. The maximum atomic E-state index is 6.00. The molecule has 0 amide bonds. The van der Waals surface area contributed by atoms with E-state index >= 15 is 0 Å². The molecule has 0 aliphatic rings. The Morgan fingerprint density at radius 3 is 2.90 bits per heavy atom. The molecule has 2 aromatic carbocycles. The number of rotatable bonds is 5. The highest BCUT2D eigenvalue weighted by atomic mass is 35.5. The van der Waals surface area contributed by atoms with E-state index in [-0.39, 0.29) is 6.61 Å². The van der Waals surface area contributed by atoms with Crippen LogP contribution in [0.2, 0.25) is 5.02 Å². The first kappa shape index (κ1) is 14.3. The summed E-state index contributed by atoms with van der Waals surface area (Å²) in [4.78, 5) is 0. The molecule has 0 spiro atoms. The summed E-state index contributed by atoms with van der Waals surface area (Å²) in [5.74, 6) is 3.24. The lowest BCUT2D eigenvalue weighted by Gasteiger charge is -2.11. The van der Waals surface area contributed by atoms with Gasteiger partial charge in [-0.15, -0.1) is 6.42 Å². The molecule has 3 heteroatoms. The van der Waals surface area contributed by atoms with Crippen LogP contribution in [0, 0.1) is 19.3 Å². The normalized spacial score (nSPS) is 9.85. The Morgan fingerprint density at radius 2 is 2.10 bits per heavy atom. The summed E-state index contributed by atoms with van der Waals surface area (Å²) in [5, 5.41) is 4.10. The zero-order chi connectivity index (χ0) is 14.4. The molecule has 0 fully saturated rings. The maximum Gasteiger partial charge on any atom is 0.148 e. The number of anilines is 1. The number of ether oxygens (including phenoxy) is 1. The quantitative estimate of drug-likeness (QED) is 0.828. The van der Waals surface area contributed by atoms with Crippen LogP contribution in [-0.2, 0) is 6.54 Å². The Kier molecular flexibility index (Phi) is 4.92. The van der Waals surface area contributed by atoms with E-state index in [4.69, 9.17) is 22.8 Å². The van der Waals surface area contributed by atoms with Gasteiger partial charge in [-0.1, -0.05) is 35.7 Å². The van der Waals surface area contributed by atoms with Crippen molar-refractivity contribution in [2.24, 2.45) is 0 Å². The SMILES string of the molecule is C#CCOc1cccc(CNc2cc(Cl)ccc2C)c1. The van der Waals surface area contributed by atoms with E-state index in [0.29, 0.717) is 6.54 Å². The highest BCUT2D eigenvalue weighted by molar-refractivity contribution is 6.30. The van der Waals surface area contributed by atoms with Gasteiger partial charge in [0.15, 0.2) is 0 Å². The van der Waals surface area contributed by atoms with Crippen molar-refractivity contribution in [1.82, 2.24) is 0 Å². The minimum Gasteiger partial charge on any atom is -0.481 e. The van der Waals surface area contributed by atoms with E-state index in [1.54, 1.807) is 0 Å². The lowest BCUT2D eigenvalue weighted by Crippen LogP contribution is -2.02. The van der Waals surface area contributed by atoms with E-state index in [1.165, 1.54) is 0 Å². The molecule has 1 N–H and O–H groups in total.